The Bertz CT molecular complexity index is 251. The van der Waals surface area contributed by atoms with Gasteiger partial charge in [0, 0.05) is 18.8 Å². The molecule has 1 N–H and O–H groups in total. The second-order valence-corrected chi connectivity index (χ2v) is 5.31. The van der Waals surface area contributed by atoms with Gasteiger partial charge in [-0.15, -0.1) is 0 Å². The summed E-state index contributed by atoms with van der Waals surface area (Å²) in [6.07, 6.45) is 0.0415. The maximum Gasteiger partial charge on any atom is 0.248 e. The van der Waals surface area contributed by atoms with Gasteiger partial charge < -0.3 is 0 Å². The van der Waals surface area contributed by atoms with Crippen LogP contribution in [0.1, 0.15) is 46.5 Å². The average molecular weight is 235 g/mol. The van der Waals surface area contributed by atoms with Crippen molar-refractivity contribution in [3.05, 3.63) is 0 Å². The molecule has 3 nitrogen and oxygen atoms in total. The zero-order valence-electron chi connectivity index (χ0n) is 9.98. The molecule has 0 aromatic heterocycles. The molecule has 16 heavy (non-hydrogen) atoms. The normalized spacial score (nSPS) is 21.8. The van der Waals surface area contributed by atoms with Gasteiger partial charge in [0.25, 0.3) is 0 Å². The van der Waals surface area contributed by atoms with Crippen molar-refractivity contribution in [1.82, 2.24) is 5.48 Å². The van der Waals surface area contributed by atoms with Crippen molar-refractivity contribution in [2.24, 2.45) is 5.92 Å². The van der Waals surface area contributed by atoms with Gasteiger partial charge in [-0.1, -0.05) is 0 Å². The minimum atomic E-state index is -2.60. The summed E-state index contributed by atoms with van der Waals surface area (Å²) in [5, 5.41) is 0. The first kappa shape index (κ1) is 13.4. The van der Waals surface area contributed by atoms with Crippen LogP contribution in [-0.4, -0.2) is 17.4 Å². The summed E-state index contributed by atoms with van der Waals surface area (Å²) in [6, 6.07) is 0. The maximum absolute atomic E-state index is 12.9. The third-order valence-electron chi connectivity index (χ3n) is 2.55. The Morgan fingerprint density at radius 3 is 2.25 bits per heavy atom. The third-order valence-corrected chi connectivity index (χ3v) is 2.55. The zero-order valence-corrected chi connectivity index (χ0v) is 9.98. The predicted molar refractivity (Wildman–Crippen MR) is 55.9 cm³/mol. The lowest BCUT2D eigenvalue weighted by Crippen LogP contribution is -2.39. The lowest BCUT2D eigenvalue weighted by atomic mass is 9.86. The summed E-state index contributed by atoms with van der Waals surface area (Å²) < 4.78 is 25.7. The minimum Gasteiger partial charge on any atom is -0.272 e. The van der Waals surface area contributed by atoms with Crippen LogP contribution in [0.4, 0.5) is 8.78 Å². The molecule has 1 rings (SSSR count). The first-order valence-corrected chi connectivity index (χ1v) is 5.55. The number of nitrogens with one attached hydrogen (secondary N) is 1. The van der Waals surface area contributed by atoms with Gasteiger partial charge in [-0.05, 0) is 33.6 Å². The summed E-state index contributed by atoms with van der Waals surface area (Å²) in [7, 11) is 0. The van der Waals surface area contributed by atoms with Crippen LogP contribution in [0.2, 0.25) is 0 Å². The van der Waals surface area contributed by atoms with Crippen LogP contribution in [0.25, 0.3) is 0 Å². The Balaban J connectivity index is 2.34. The summed E-state index contributed by atoms with van der Waals surface area (Å²) >= 11 is 0. The van der Waals surface area contributed by atoms with Crippen molar-refractivity contribution in [3.63, 3.8) is 0 Å². The van der Waals surface area contributed by atoms with Crippen molar-refractivity contribution < 1.29 is 18.4 Å². The van der Waals surface area contributed by atoms with Crippen molar-refractivity contribution in [3.8, 4) is 0 Å². The van der Waals surface area contributed by atoms with Crippen LogP contribution >= 0.6 is 0 Å². The number of amides is 1. The summed E-state index contributed by atoms with van der Waals surface area (Å²) in [5.74, 6) is -3.23. The molecule has 0 aliphatic heterocycles. The number of alkyl halides is 2. The first-order chi connectivity index (χ1) is 7.20. The topological polar surface area (TPSA) is 38.3 Å². The molecule has 0 spiro atoms. The van der Waals surface area contributed by atoms with E-state index >= 15 is 0 Å². The molecule has 0 atom stereocenters. The number of carbonyl (C=O) groups is 1. The zero-order chi connectivity index (χ0) is 12.4. The molecule has 1 saturated carbocycles. The molecule has 0 heterocycles. The molecule has 94 valence electrons. The highest BCUT2D eigenvalue weighted by molar-refractivity contribution is 5.77. The number of halogens is 2. The summed E-state index contributed by atoms with van der Waals surface area (Å²) in [5.41, 5.74) is 1.87. The molecule has 0 aromatic carbocycles. The fraction of sp³-hybridized carbons (Fsp3) is 0.909. The number of hydrogen-bond donors (Lipinski definition) is 1. The van der Waals surface area contributed by atoms with E-state index in [1.165, 1.54) is 0 Å². The fourth-order valence-electron chi connectivity index (χ4n) is 1.59. The summed E-state index contributed by atoms with van der Waals surface area (Å²) in [6.45, 7) is 5.42. The van der Waals surface area contributed by atoms with Crippen LogP contribution in [0.3, 0.4) is 0 Å². The third kappa shape index (κ3) is 4.43. The monoisotopic (exact) mass is 235 g/mol. The van der Waals surface area contributed by atoms with Crippen LogP contribution < -0.4 is 5.48 Å². The highest BCUT2D eigenvalue weighted by Crippen LogP contribution is 2.36. The van der Waals surface area contributed by atoms with Crippen LogP contribution in [0, 0.1) is 5.92 Å². The van der Waals surface area contributed by atoms with Gasteiger partial charge in [0.2, 0.25) is 11.8 Å². The van der Waals surface area contributed by atoms with Gasteiger partial charge in [-0.3, -0.25) is 9.63 Å². The van der Waals surface area contributed by atoms with Crippen molar-refractivity contribution in [2.75, 3.05) is 0 Å². The molecule has 5 heteroatoms. The molecular weight excluding hydrogens is 216 g/mol. The highest BCUT2D eigenvalue weighted by atomic mass is 19.3. The molecule has 0 radical (unpaired) electrons. The average Bonchev–Trinajstić information content (AvgIpc) is 2.13. The molecule has 0 aromatic rings. The van der Waals surface area contributed by atoms with E-state index in [2.05, 4.69) is 5.48 Å². The Morgan fingerprint density at radius 2 is 1.81 bits per heavy atom. The number of rotatable bonds is 2. The van der Waals surface area contributed by atoms with Crippen molar-refractivity contribution in [2.45, 2.75) is 58.0 Å². The largest absolute Gasteiger partial charge is 0.272 e. The van der Waals surface area contributed by atoms with E-state index in [-0.39, 0.29) is 37.5 Å². The smallest absolute Gasteiger partial charge is 0.248 e. The predicted octanol–water partition coefficient (Wildman–Crippen LogP) is 2.66. The quantitative estimate of drug-likeness (QED) is 0.747. The fourth-order valence-corrected chi connectivity index (χ4v) is 1.59. The van der Waals surface area contributed by atoms with E-state index < -0.39 is 11.5 Å². The van der Waals surface area contributed by atoms with E-state index in [0.717, 1.165) is 0 Å². The lowest BCUT2D eigenvalue weighted by Gasteiger charge is -2.28. The Labute approximate surface area is 94.5 Å². The summed E-state index contributed by atoms with van der Waals surface area (Å²) in [4.78, 5) is 16.7. The van der Waals surface area contributed by atoms with E-state index in [9.17, 15) is 13.6 Å². The molecule has 1 fully saturated rings. The molecule has 1 aliphatic rings. The van der Waals surface area contributed by atoms with Crippen molar-refractivity contribution in [1.29, 1.82) is 0 Å². The molecule has 1 aliphatic carbocycles. The second kappa shape index (κ2) is 4.65. The number of carbonyl (C=O) groups excluding carboxylic acids is 1. The molecule has 0 unspecified atom stereocenters. The van der Waals surface area contributed by atoms with E-state index in [1.54, 1.807) is 0 Å². The van der Waals surface area contributed by atoms with E-state index in [0.29, 0.717) is 0 Å². The van der Waals surface area contributed by atoms with Gasteiger partial charge in [-0.2, -0.15) is 0 Å². The SMILES string of the molecule is CC(C)(C)ONC(=O)C1CCC(F)(F)CC1. The highest BCUT2D eigenvalue weighted by Gasteiger charge is 2.37. The molecular formula is C11H19F2NO2. The van der Waals surface area contributed by atoms with E-state index in [1.807, 2.05) is 20.8 Å². The van der Waals surface area contributed by atoms with Crippen molar-refractivity contribution >= 4 is 5.91 Å². The van der Waals surface area contributed by atoms with E-state index in [4.69, 9.17) is 4.84 Å². The van der Waals surface area contributed by atoms with Gasteiger partial charge >= 0.3 is 0 Å². The molecule has 0 saturated heterocycles. The lowest BCUT2D eigenvalue weighted by molar-refractivity contribution is -0.153. The van der Waals surface area contributed by atoms with Gasteiger partial charge in [0.1, 0.15) is 0 Å². The van der Waals surface area contributed by atoms with Crippen LogP contribution in [0.15, 0.2) is 0 Å². The molecule has 1 amide bonds. The number of hydroxylamine groups is 1. The number of hydrogen-bond acceptors (Lipinski definition) is 2. The molecule has 0 bridgehead atoms. The van der Waals surface area contributed by atoms with Crippen LogP contribution in [0.5, 0.6) is 0 Å². The standard InChI is InChI=1S/C11H19F2NO2/c1-10(2,3)16-14-9(15)8-4-6-11(12,13)7-5-8/h8H,4-7H2,1-3H3,(H,14,15). The van der Waals surface area contributed by atoms with Crippen LogP contribution in [-0.2, 0) is 9.63 Å². The van der Waals surface area contributed by atoms with Gasteiger partial charge in [0.15, 0.2) is 0 Å². The minimum absolute atomic E-state index is 0.208. The Hall–Kier alpha value is -0.710. The van der Waals surface area contributed by atoms with Gasteiger partial charge in [0.05, 0.1) is 5.60 Å². The second-order valence-electron chi connectivity index (χ2n) is 5.31. The Morgan fingerprint density at radius 1 is 1.31 bits per heavy atom. The Kier molecular flexibility index (Phi) is 3.88. The van der Waals surface area contributed by atoms with Gasteiger partial charge in [-0.25, -0.2) is 14.3 Å². The first-order valence-electron chi connectivity index (χ1n) is 5.55. The maximum atomic E-state index is 12.9.